The van der Waals surface area contributed by atoms with Crippen LogP contribution in [0.25, 0.3) is 0 Å². The SMILES string of the molecule is CC(C)C1CCCC(N2CC(C)(OCC(=O)O)C2)CC1. The molecule has 0 amide bonds. The second-order valence-electron chi connectivity index (χ2n) is 7.20. The Bertz CT molecular complexity index is 337. The molecular formula is C16H29NO3. The molecule has 0 aromatic carbocycles. The maximum Gasteiger partial charge on any atom is 0.329 e. The van der Waals surface area contributed by atoms with Crippen molar-refractivity contribution in [3.8, 4) is 0 Å². The highest BCUT2D eigenvalue weighted by Crippen LogP contribution is 2.35. The maximum absolute atomic E-state index is 10.6. The predicted molar refractivity (Wildman–Crippen MR) is 78.8 cm³/mol. The molecule has 20 heavy (non-hydrogen) atoms. The van der Waals surface area contributed by atoms with Crippen molar-refractivity contribution < 1.29 is 14.6 Å². The van der Waals surface area contributed by atoms with Crippen LogP contribution in [0.2, 0.25) is 0 Å². The van der Waals surface area contributed by atoms with Crippen LogP contribution in [-0.2, 0) is 9.53 Å². The lowest BCUT2D eigenvalue weighted by Gasteiger charge is -2.51. The lowest BCUT2D eigenvalue weighted by molar-refractivity contribution is -0.170. The van der Waals surface area contributed by atoms with E-state index in [0.29, 0.717) is 6.04 Å². The number of carboxylic acid groups (broad SMARTS) is 1. The summed E-state index contributed by atoms with van der Waals surface area (Å²) in [7, 11) is 0. The molecule has 2 fully saturated rings. The van der Waals surface area contributed by atoms with Gasteiger partial charge in [0.05, 0.1) is 5.60 Å². The van der Waals surface area contributed by atoms with E-state index in [0.717, 1.165) is 24.9 Å². The van der Waals surface area contributed by atoms with E-state index in [1.54, 1.807) is 0 Å². The highest BCUT2D eigenvalue weighted by Gasteiger charge is 2.43. The minimum Gasteiger partial charge on any atom is -0.480 e. The van der Waals surface area contributed by atoms with E-state index >= 15 is 0 Å². The third kappa shape index (κ3) is 3.95. The highest BCUT2D eigenvalue weighted by atomic mass is 16.5. The number of hydrogen-bond acceptors (Lipinski definition) is 3. The smallest absolute Gasteiger partial charge is 0.329 e. The average molecular weight is 283 g/mol. The summed E-state index contributed by atoms with van der Waals surface area (Å²) in [6.07, 6.45) is 6.62. The number of carbonyl (C=O) groups is 1. The first-order chi connectivity index (χ1) is 9.39. The van der Waals surface area contributed by atoms with E-state index in [1.165, 1.54) is 32.1 Å². The first-order valence-electron chi connectivity index (χ1n) is 7.99. The Morgan fingerprint density at radius 2 is 2.00 bits per heavy atom. The molecule has 0 bridgehead atoms. The molecule has 0 radical (unpaired) electrons. The fourth-order valence-corrected chi connectivity index (χ4v) is 3.74. The summed E-state index contributed by atoms with van der Waals surface area (Å²) in [6.45, 7) is 8.30. The van der Waals surface area contributed by atoms with Gasteiger partial charge in [-0.3, -0.25) is 4.90 Å². The monoisotopic (exact) mass is 283 g/mol. The molecule has 1 saturated carbocycles. The zero-order valence-electron chi connectivity index (χ0n) is 13.1. The molecule has 1 saturated heterocycles. The molecule has 116 valence electrons. The molecule has 1 aliphatic carbocycles. The topological polar surface area (TPSA) is 49.8 Å². The van der Waals surface area contributed by atoms with Crippen molar-refractivity contribution in [1.82, 2.24) is 4.90 Å². The number of hydrogen-bond donors (Lipinski definition) is 1. The largest absolute Gasteiger partial charge is 0.480 e. The Balaban J connectivity index is 1.76. The van der Waals surface area contributed by atoms with Crippen molar-refractivity contribution in [1.29, 1.82) is 0 Å². The van der Waals surface area contributed by atoms with Crippen LogP contribution in [0.4, 0.5) is 0 Å². The Morgan fingerprint density at radius 1 is 1.30 bits per heavy atom. The second kappa shape index (κ2) is 6.44. The van der Waals surface area contributed by atoms with Gasteiger partial charge in [0.25, 0.3) is 0 Å². The van der Waals surface area contributed by atoms with Gasteiger partial charge in [-0.05, 0) is 38.0 Å². The molecule has 1 aliphatic heterocycles. The molecule has 2 atom stereocenters. The Hall–Kier alpha value is -0.610. The standard InChI is InChI=1S/C16H29NO3/c1-12(2)13-5-4-6-14(8-7-13)17-10-16(3,11-17)20-9-15(18)19/h12-14H,4-11H2,1-3H3,(H,18,19). The van der Waals surface area contributed by atoms with Crippen molar-refractivity contribution in [3.63, 3.8) is 0 Å². The number of ether oxygens (including phenoxy) is 1. The van der Waals surface area contributed by atoms with Gasteiger partial charge in [0, 0.05) is 19.1 Å². The molecule has 0 spiro atoms. The average Bonchev–Trinajstić information content (AvgIpc) is 2.58. The van der Waals surface area contributed by atoms with Crippen LogP contribution in [0.1, 0.15) is 52.9 Å². The van der Waals surface area contributed by atoms with Crippen LogP contribution in [0, 0.1) is 11.8 Å². The van der Waals surface area contributed by atoms with Crippen molar-refractivity contribution >= 4 is 5.97 Å². The molecule has 4 heteroatoms. The Morgan fingerprint density at radius 3 is 2.60 bits per heavy atom. The number of nitrogens with zero attached hydrogens (tertiary/aromatic N) is 1. The quantitative estimate of drug-likeness (QED) is 0.788. The van der Waals surface area contributed by atoms with Crippen LogP contribution in [0.5, 0.6) is 0 Å². The van der Waals surface area contributed by atoms with Gasteiger partial charge in [-0.2, -0.15) is 0 Å². The van der Waals surface area contributed by atoms with Crippen molar-refractivity contribution in [2.45, 2.75) is 64.5 Å². The zero-order chi connectivity index (χ0) is 14.8. The molecule has 2 aliphatic rings. The minimum absolute atomic E-state index is 0.176. The van der Waals surface area contributed by atoms with Crippen LogP contribution in [-0.4, -0.2) is 47.3 Å². The second-order valence-corrected chi connectivity index (χ2v) is 7.20. The van der Waals surface area contributed by atoms with E-state index < -0.39 is 5.97 Å². The van der Waals surface area contributed by atoms with E-state index in [4.69, 9.17) is 9.84 Å². The number of rotatable bonds is 5. The van der Waals surface area contributed by atoms with Gasteiger partial charge in [0.2, 0.25) is 0 Å². The first kappa shape index (κ1) is 15.8. The Labute approximate surface area is 122 Å². The normalized spacial score (nSPS) is 30.8. The van der Waals surface area contributed by atoms with Gasteiger partial charge >= 0.3 is 5.97 Å². The third-order valence-electron chi connectivity index (χ3n) is 5.06. The number of carboxylic acids is 1. The van der Waals surface area contributed by atoms with Gasteiger partial charge in [0.15, 0.2) is 0 Å². The van der Waals surface area contributed by atoms with E-state index in [-0.39, 0.29) is 12.2 Å². The summed E-state index contributed by atoms with van der Waals surface area (Å²) in [5.41, 5.74) is -0.248. The summed E-state index contributed by atoms with van der Waals surface area (Å²) in [5, 5.41) is 8.69. The van der Waals surface area contributed by atoms with Crippen LogP contribution >= 0.6 is 0 Å². The number of likely N-dealkylation sites (tertiary alicyclic amines) is 1. The lowest BCUT2D eigenvalue weighted by Crippen LogP contribution is -2.64. The van der Waals surface area contributed by atoms with Crippen LogP contribution < -0.4 is 0 Å². The summed E-state index contributed by atoms with van der Waals surface area (Å²) in [4.78, 5) is 13.1. The lowest BCUT2D eigenvalue weighted by atomic mass is 9.88. The first-order valence-corrected chi connectivity index (χ1v) is 7.99. The molecule has 0 aromatic heterocycles. The van der Waals surface area contributed by atoms with Crippen molar-refractivity contribution in [2.75, 3.05) is 19.7 Å². The molecule has 0 aromatic rings. The predicted octanol–water partition coefficient (Wildman–Crippen LogP) is 2.77. The van der Waals surface area contributed by atoms with Gasteiger partial charge in [-0.15, -0.1) is 0 Å². The minimum atomic E-state index is -0.876. The van der Waals surface area contributed by atoms with E-state index in [2.05, 4.69) is 18.7 Å². The summed E-state index contributed by atoms with van der Waals surface area (Å²) in [5.74, 6) is 0.809. The summed E-state index contributed by atoms with van der Waals surface area (Å²) >= 11 is 0. The van der Waals surface area contributed by atoms with Crippen molar-refractivity contribution in [3.05, 3.63) is 0 Å². The maximum atomic E-state index is 10.6. The zero-order valence-corrected chi connectivity index (χ0v) is 13.1. The highest BCUT2D eigenvalue weighted by molar-refractivity contribution is 5.68. The molecular weight excluding hydrogens is 254 g/mol. The fraction of sp³-hybridized carbons (Fsp3) is 0.938. The molecule has 2 rings (SSSR count). The molecule has 1 N–H and O–H groups in total. The number of aliphatic carboxylic acids is 1. The third-order valence-corrected chi connectivity index (χ3v) is 5.06. The van der Waals surface area contributed by atoms with E-state index in [1.807, 2.05) is 6.92 Å². The van der Waals surface area contributed by atoms with Crippen molar-refractivity contribution in [2.24, 2.45) is 11.8 Å². The molecule has 1 heterocycles. The van der Waals surface area contributed by atoms with Gasteiger partial charge in [-0.25, -0.2) is 4.79 Å². The van der Waals surface area contributed by atoms with E-state index in [9.17, 15) is 4.79 Å². The van der Waals surface area contributed by atoms with Gasteiger partial charge < -0.3 is 9.84 Å². The van der Waals surface area contributed by atoms with Crippen LogP contribution in [0.3, 0.4) is 0 Å². The van der Waals surface area contributed by atoms with Gasteiger partial charge in [-0.1, -0.05) is 26.7 Å². The molecule has 4 nitrogen and oxygen atoms in total. The summed E-state index contributed by atoms with van der Waals surface area (Å²) in [6, 6.07) is 0.681. The van der Waals surface area contributed by atoms with Gasteiger partial charge in [0.1, 0.15) is 6.61 Å². The molecule has 2 unspecified atom stereocenters. The Kier molecular flexibility index (Phi) is 5.08. The fourth-order valence-electron chi connectivity index (χ4n) is 3.74. The van der Waals surface area contributed by atoms with Crippen LogP contribution in [0.15, 0.2) is 0 Å². The summed E-state index contributed by atoms with van der Waals surface area (Å²) < 4.78 is 5.50.